The highest BCUT2D eigenvalue weighted by molar-refractivity contribution is 7.98. The zero-order valence-corrected chi connectivity index (χ0v) is 15.5. The first kappa shape index (κ1) is 16.4. The van der Waals surface area contributed by atoms with Crippen molar-refractivity contribution in [2.75, 3.05) is 12.8 Å². The van der Waals surface area contributed by atoms with Crippen molar-refractivity contribution in [2.24, 2.45) is 0 Å². The predicted octanol–water partition coefficient (Wildman–Crippen LogP) is 2.31. The highest BCUT2D eigenvalue weighted by Gasteiger charge is 2.22. The van der Waals surface area contributed by atoms with Crippen LogP contribution in [0.4, 0.5) is 0 Å². The number of thioether (sulfide) groups is 1. The van der Waals surface area contributed by atoms with Crippen LogP contribution >= 0.6 is 11.8 Å². The number of nitrogens with one attached hydrogen (secondary N) is 1. The average molecular weight is 355 g/mol. The third kappa shape index (κ3) is 2.98. The summed E-state index contributed by atoms with van der Waals surface area (Å²) in [6.07, 6.45) is 4.86. The number of hydrogen-bond acceptors (Lipinski definition) is 5. The Morgan fingerprint density at radius 2 is 2.12 bits per heavy atom. The molecule has 0 amide bonds. The van der Waals surface area contributed by atoms with E-state index in [-0.39, 0.29) is 5.56 Å². The molecule has 0 bridgehead atoms. The van der Waals surface area contributed by atoms with E-state index in [0.29, 0.717) is 11.7 Å². The maximum absolute atomic E-state index is 12.4. The number of aromatic nitrogens is 4. The van der Waals surface area contributed by atoms with Gasteiger partial charge in [-0.25, -0.2) is 9.97 Å². The van der Waals surface area contributed by atoms with Gasteiger partial charge in [0.1, 0.15) is 5.65 Å². The molecule has 3 aromatic rings. The van der Waals surface area contributed by atoms with E-state index in [0.717, 1.165) is 42.1 Å². The number of rotatable bonds is 3. The van der Waals surface area contributed by atoms with Crippen molar-refractivity contribution in [3.05, 3.63) is 56.9 Å². The number of hydrogen-bond donors (Lipinski definition) is 1. The Labute approximate surface area is 150 Å². The van der Waals surface area contributed by atoms with E-state index in [1.807, 2.05) is 6.26 Å². The fourth-order valence-corrected chi connectivity index (χ4v) is 3.81. The minimum Gasteiger partial charge on any atom is -0.302 e. The van der Waals surface area contributed by atoms with Gasteiger partial charge in [0.25, 0.3) is 5.56 Å². The normalized spacial score (nSPS) is 14.8. The molecule has 6 nitrogen and oxygen atoms in total. The van der Waals surface area contributed by atoms with Crippen molar-refractivity contribution in [1.29, 1.82) is 0 Å². The van der Waals surface area contributed by atoms with Crippen LogP contribution in [0.2, 0.25) is 0 Å². The molecule has 1 aliphatic rings. The first-order valence-corrected chi connectivity index (χ1v) is 9.60. The largest absolute Gasteiger partial charge is 0.302 e. The second-order valence-electron chi connectivity index (χ2n) is 6.54. The van der Waals surface area contributed by atoms with Crippen LogP contribution in [0.25, 0.3) is 5.65 Å². The van der Waals surface area contributed by atoms with Crippen LogP contribution in [-0.4, -0.2) is 37.1 Å². The molecule has 0 saturated carbocycles. The van der Waals surface area contributed by atoms with Gasteiger partial charge in [0, 0.05) is 32.3 Å². The summed E-state index contributed by atoms with van der Waals surface area (Å²) >= 11 is 1.47. The monoisotopic (exact) mass is 355 g/mol. The Hall–Kier alpha value is -2.12. The van der Waals surface area contributed by atoms with Gasteiger partial charge in [0.05, 0.1) is 22.6 Å². The van der Waals surface area contributed by atoms with E-state index >= 15 is 0 Å². The number of pyridine rings is 1. The van der Waals surface area contributed by atoms with E-state index in [2.05, 4.69) is 56.4 Å². The van der Waals surface area contributed by atoms with Crippen molar-refractivity contribution in [2.45, 2.75) is 38.5 Å². The van der Waals surface area contributed by atoms with Gasteiger partial charge in [0.2, 0.25) is 0 Å². The second kappa shape index (κ2) is 6.31. The zero-order chi connectivity index (χ0) is 17.6. The maximum atomic E-state index is 12.4. The molecule has 25 heavy (non-hydrogen) atoms. The topological polar surface area (TPSA) is 66.3 Å². The second-order valence-corrected chi connectivity index (χ2v) is 7.33. The van der Waals surface area contributed by atoms with Gasteiger partial charge in [-0.05, 0) is 31.7 Å². The molecule has 4 heterocycles. The van der Waals surface area contributed by atoms with Crippen molar-refractivity contribution in [1.82, 2.24) is 24.3 Å². The molecule has 1 aliphatic heterocycles. The van der Waals surface area contributed by atoms with Crippen molar-refractivity contribution >= 4 is 17.4 Å². The lowest BCUT2D eigenvalue weighted by Crippen LogP contribution is -2.35. The summed E-state index contributed by atoms with van der Waals surface area (Å²) in [5.74, 6) is 0. The molecule has 0 unspecified atom stereocenters. The van der Waals surface area contributed by atoms with Gasteiger partial charge in [-0.1, -0.05) is 17.8 Å². The van der Waals surface area contributed by atoms with Crippen molar-refractivity contribution < 1.29 is 0 Å². The van der Waals surface area contributed by atoms with Crippen molar-refractivity contribution in [3.63, 3.8) is 0 Å². The first-order chi connectivity index (χ1) is 12.0. The van der Waals surface area contributed by atoms with Gasteiger partial charge < -0.3 is 9.38 Å². The van der Waals surface area contributed by atoms with Gasteiger partial charge in [-0.3, -0.25) is 9.69 Å². The third-order valence-corrected chi connectivity index (χ3v) is 5.34. The molecule has 1 N–H and O–H groups in total. The Kier molecular flexibility index (Phi) is 4.13. The molecule has 0 atom stereocenters. The minimum absolute atomic E-state index is 0.00948. The Bertz CT molecular complexity index is 1010. The van der Waals surface area contributed by atoms with Gasteiger partial charge in [-0.2, -0.15) is 0 Å². The third-order valence-electron chi connectivity index (χ3n) is 4.76. The molecule has 0 spiro atoms. The number of fused-ring (bicyclic) bond motifs is 2. The number of aromatic amines is 1. The molecule has 0 aliphatic carbocycles. The average Bonchev–Trinajstić information content (AvgIpc) is 2.90. The highest BCUT2D eigenvalue weighted by atomic mass is 32.2. The Balaban J connectivity index is 1.64. The lowest BCUT2D eigenvalue weighted by molar-refractivity contribution is 0.237. The molecule has 3 aromatic heterocycles. The summed E-state index contributed by atoms with van der Waals surface area (Å²) in [5, 5.41) is 0.699. The molecule has 0 aromatic carbocycles. The molecular weight excluding hydrogens is 334 g/mol. The predicted molar refractivity (Wildman–Crippen MR) is 99.1 cm³/mol. The quantitative estimate of drug-likeness (QED) is 0.577. The fourth-order valence-electron chi connectivity index (χ4n) is 3.41. The molecular formula is C18H21N5OS. The SMILES string of the molecule is CSc1nc2c(c(=O)[nH]1)CN(Cc1c(C)nc3ccc(C)cn13)CC2. The van der Waals surface area contributed by atoms with Gasteiger partial charge >= 0.3 is 0 Å². The molecule has 130 valence electrons. The van der Waals surface area contributed by atoms with Crippen LogP contribution in [0, 0.1) is 13.8 Å². The molecule has 0 fully saturated rings. The number of imidazole rings is 1. The van der Waals surface area contributed by atoms with Crippen LogP contribution in [0.3, 0.4) is 0 Å². The fraction of sp³-hybridized carbons (Fsp3) is 0.389. The van der Waals surface area contributed by atoms with Gasteiger partial charge in [-0.15, -0.1) is 0 Å². The summed E-state index contributed by atoms with van der Waals surface area (Å²) in [6, 6.07) is 4.13. The smallest absolute Gasteiger partial charge is 0.256 e. The maximum Gasteiger partial charge on any atom is 0.256 e. The molecule has 0 radical (unpaired) electrons. The standard InChI is InChI=1S/C18H21N5OS/c1-11-4-5-16-19-12(2)15(23(16)8-11)10-22-7-6-14-13(9-22)17(24)21-18(20-14)25-3/h4-5,8H,6-7,9-10H2,1-3H3,(H,20,21,24). The lowest BCUT2D eigenvalue weighted by Gasteiger charge is -2.27. The highest BCUT2D eigenvalue weighted by Crippen LogP contribution is 2.21. The van der Waals surface area contributed by atoms with E-state index in [1.165, 1.54) is 23.0 Å². The molecule has 4 rings (SSSR count). The van der Waals surface area contributed by atoms with Crippen LogP contribution in [-0.2, 0) is 19.5 Å². The summed E-state index contributed by atoms with van der Waals surface area (Å²) < 4.78 is 2.17. The Morgan fingerprint density at radius 3 is 2.92 bits per heavy atom. The van der Waals surface area contributed by atoms with E-state index in [1.54, 1.807) is 0 Å². The lowest BCUT2D eigenvalue weighted by atomic mass is 10.1. The van der Waals surface area contributed by atoms with Gasteiger partial charge in [0.15, 0.2) is 5.16 Å². The molecule has 7 heteroatoms. The number of aryl methyl sites for hydroxylation is 2. The summed E-state index contributed by atoms with van der Waals surface area (Å²) in [5.41, 5.74) is 6.14. The minimum atomic E-state index is -0.00948. The number of nitrogens with zero attached hydrogens (tertiary/aromatic N) is 4. The Morgan fingerprint density at radius 1 is 1.28 bits per heavy atom. The summed E-state index contributed by atoms with van der Waals surface area (Å²) in [7, 11) is 0. The van der Waals surface area contributed by atoms with Crippen LogP contribution < -0.4 is 5.56 Å². The van der Waals surface area contributed by atoms with Crippen molar-refractivity contribution in [3.8, 4) is 0 Å². The van der Waals surface area contributed by atoms with Crippen LogP contribution in [0.5, 0.6) is 0 Å². The summed E-state index contributed by atoms with van der Waals surface area (Å²) in [4.78, 5) is 26.8. The van der Waals surface area contributed by atoms with Crippen LogP contribution in [0.1, 0.15) is 28.2 Å². The summed E-state index contributed by atoms with van der Waals surface area (Å²) in [6.45, 7) is 6.44. The number of H-pyrrole nitrogens is 1. The van der Waals surface area contributed by atoms with Crippen LogP contribution in [0.15, 0.2) is 28.3 Å². The first-order valence-electron chi connectivity index (χ1n) is 8.38. The molecule has 0 saturated heterocycles. The zero-order valence-electron chi connectivity index (χ0n) is 14.7. The van der Waals surface area contributed by atoms with E-state index < -0.39 is 0 Å². The van der Waals surface area contributed by atoms with E-state index in [9.17, 15) is 4.79 Å². The van der Waals surface area contributed by atoms with E-state index in [4.69, 9.17) is 0 Å².